The van der Waals surface area contributed by atoms with Gasteiger partial charge in [0, 0.05) is 12.6 Å². The molecule has 0 fully saturated rings. The first-order valence-electron chi connectivity index (χ1n) is 4.51. The number of pyridine rings is 1. The summed E-state index contributed by atoms with van der Waals surface area (Å²) in [6, 6.07) is 3.14. The van der Waals surface area contributed by atoms with Gasteiger partial charge in [0.25, 0.3) is 0 Å². The van der Waals surface area contributed by atoms with Crippen LogP contribution in [0.1, 0.15) is 19.8 Å². The normalized spacial score (nSPS) is 12.1. The molecule has 0 aliphatic heterocycles. The number of nitrogens with zero attached hydrogens (tertiary/aromatic N) is 1. The molecule has 0 aliphatic carbocycles. The van der Waals surface area contributed by atoms with Crippen molar-refractivity contribution in [2.75, 3.05) is 5.32 Å². The molecule has 1 aromatic rings. The maximum absolute atomic E-state index is 11.3. The van der Waals surface area contributed by atoms with Crippen LogP contribution in [0.4, 0.5) is 5.69 Å². The van der Waals surface area contributed by atoms with Gasteiger partial charge in [0.15, 0.2) is 5.03 Å². The van der Waals surface area contributed by atoms with Crippen LogP contribution in [0.15, 0.2) is 23.4 Å². The van der Waals surface area contributed by atoms with E-state index in [1.807, 2.05) is 6.92 Å². The number of carbonyl (C=O) groups excluding carboxylic acids is 1. The lowest BCUT2D eigenvalue weighted by atomic mass is 10.3. The Bertz CT molecular complexity index is 381. The zero-order valence-corrected chi connectivity index (χ0v) is 9.08. The first kappa shape index (κ1) is 11.8. The van der Waals surface area contributed by atoms with Crippen LogP contribution >= 0.6 is 0 Å². The fraction of sp³-hybridized carbons (Fsp3) is 0.333. The summed E-state index contributed by atoms with van der Waals surface area (Å²) in [6.45, 7) is 1.88. The van der Waals surface area contributed by atoms with Gasteiger partial charge in [0.1, 0.15) is 0 Å². The summed E-state index contributed by atoms with van der Waals surface area (Å²) in [7, 11) is 0. The van der Waals surface area contributed by atoms with Gasteiger partial charge in [0.05, 0.1) is 5.69 Å². The van der Waals surface area contributed by atoms with E-state index in [0.29, 0.717) is 6.42 Å². The predicted octanol–water partition coefficient (Wildman–Crippen LogP) is 1.40. The number of hydrogen-bond acceptors (Lipinski definition) is 3. The summed E-state index contributed by atoms with van der Waals surface area (Å²) in [5.41, 5.74) is 0.289. The molecule has 0 radical (unpaired) electrons. The molecular formula is C9H12N2O3S. The van der Waals surface area contributed by atoms with E-state index in [4.69, 9.17) is 4.55 Å². The molecule has 1 amide bonds. The van der Waals surface area contributed by atoms with Crippen molar-refractivity contribution in [2.24, 2.45) is 0 Å². The van der Waals surface area contributed by atoms with Crippen LogP contribution in [0.25, 0.3) is 0 Å². The van der Waals surface area contributed by atoms with Crippen molar-refractivity contribution in [3.05, 3.63) is 18.3 Å². The molecule has 0 saturated carbocycles. The van der Waals surface area contributed by atoms with Crippen LogP contribution in [-0.2, 0) is 15.9 Å². The molecule has 2 N–H and O–H groups in total. The molecule has 1 rings (SSSR count). The maximum atomic E-state index is 11.3. The van der Waals surface area contributed by atoms with Gasteiger partial charge in [0.2, 0.25) is 17.0 Å². The van der Waals surface area contributed by atoms with Gasteiger partial charge in [-0.3, -0.25) is 4.79 Å². The van der Waals surface area contributed by atoms with Crippen molar-refractivity contribution >= 4 is 22.7 Å². The highest BCUT2D eigenvalue weighted by molar-refractivity contribution is 7.79. The van der Waals surface area contributed by atoms with Crippen molar-refractivity contribution in [1.82, 2.24) is 4.98 Å². The molecule has 1 atom stereocenters. The minimum atomic E-state index is -2.19. The minimum absolute atomic E-state index is 0.0260. The summed E-state index contributed by atoms with van der Waals surface area (Å²) in [6.07, 6.45) is 2.51. The Morgan fingerprint density at radius 2 is 2.40 bits per heavy atom. The van der Waals surface area contributed by atoms with E-state index in [-0.39, 0.29) is 16.6 Å². The summed E-state index contributed by atoms with van der Waals surface area (Å²) in [4.78, 5) is 15.0. The van der Waals surface area contributed by atoms with Crippen LogP contribution in [0, 0.1) is 0 Å². The largest absolute Gasteiger partial charge is 0.324 e. The van der Waals surface area contributed by atoms with Crippen LogP contribution < -0.4 is 5.32 Å². The van der Waals surface area contributed by atoms with Crippen molar-refractivity contribution in [3.63, 3.8) is 0 Å². The van der Waals surface area contributed by atoms with Crippen LogP contribution in [-0.4, -0.2) is 19.7 Å². The number of amides is 1. The highest BCUT2D eigenvalue weighted by atomic mass is 32.2. The Morgan fingerprint density at radius 1 is 1.67 bits per heavy atom. The maximum Gasteiger partial charge on any atom is 0.224 e. The van der Waals surface area contributed by atoms with E-state index in [0.717, 1.165) is 6.42 Å². The predicted molar refractivity (Wildman–Crippen MR) is 56.8 cm³/mol. The Kier molecular flexibility index (Phi) is 4.38. The highest BCUT2D eigenvalue weighted by Gasteiger charge is 2.10. The molecule has 0 bridgehead atoms. The third-order valence-corrected chi connectivity index (χ3v) is 2.34. The molecule has 6 heteroatoms. The summed E-state index contributed by atoms with van der Waals surface area (Å²) < 4.78 is 19.8. The van der Waals surface area contributed by atoms with Gasteiger partial charge in [-0.05, 0) is 18.6 Å². The van der Waals surface area contributed by atoms with Crippen molar-refractivity contribution in [1.29, 1.82) is 0 Å². The molecule has 5 nitrogen and oxygen atoms in total. The second-order valence-corrected chi connectivity index (χ2v) is 3.79. The standard InChI is InChI=1S/C9H12N2O3S/c1-2-4-8(12)11-7-5-3-6-10-9(7)15(13)14/h3,5-6H,2,4H2,1H3,(H,11,12)(H,13,14). The summed E-state index contributed by atoms with van der Waals surface area (Å²) in [5.74, 6) is -0.183. The Hall–Kier alpha value is -1.27. The zero-order chi connectivity index (χ0) is 11.3. The first-order valence-corrected chi connectivity index (χ1v) is 5.61. The summed E-state index contributed by atoms with van der Waals surface area (Å²) in [5, 5.41) is 2.51. The topological polar surface area (TPSA) is 79.3 Å². The number of aromatic nitrogens is 1. The lowest BCUT2D eigenvalue weighted by Gasteiger charge is -2.06. The van der Waals surface area contributed by atoms with Gasteiger partial charge in [-0.2, -0.15) is 0 Å². The van der Waals surface area contributed by atoms with Crippen LogP contribution in [0.3, 0.4) is 0 Å². The average Bonchev–Trinajstić information content (AvgIpc) is 2.18. The number of hydrogen-bond donors (Lipinski definition) is 2. The minimum Gasteiger partial charge on any atom is -0.324 e. The lowest BCUT2D eigenvalue weighted by molar-refractivity contribution is -0.116. The van der Waals surface area contributed by atoms with Gasteiger partial charge in [-0.15, -0.1) is 0 Å². The molecular weight excluding hydrogens is 216 g/mol. The molecule has 0 spiro atoms. The van der Waals surface area contributed by atoms with Crippen LogP contribution in [0.2, 0.25) is 0 Å². The third kappa shape index (κ3) is 3.41. The fourth-order valence-electron chi connectivity index (χ4n) is 1.06. The zero-order valence-electron chi connectivity index (χ0n) is 8.27. The van der Waals surface area contributed by atoms with E-state index in [9.17, 15) is 9.00 Å². The third-order valence-electron chi connectivity index (χ3n) is 1.69. The SMILES string of the molecule is CCCC(=O)Nc1cccnc1S(=O)O. The Labute approximate surface area is 90.2 Å². The quantitative estimate of drug-likeness (QED) is 0.763. The Morgan fingerprint density at radius 3 is 3.00 bits per heavy atom. The van der Waals surface area contributed by atoms with Gasteiger partial charge in [-0.1, -0.05) is 6.92 Å². The van der Waals surface area contributed by atoms with Gasteiger partial charge in [-0.25, -0.2) is 9.19 Å². The van der Waals surface area contributed by atoms with Gasteiger partial charge < -0.3 is 9.87 Å². The average molecular weight is 228 g/mol. The Balaban J connectivity index is 2.84. The van der Waals surface area contributed by atoms with E-state index in [1.165, 1.54) is 6.20 Å². The van der Waals surface area contributed by atoms with Crippen molar-refractivity contribution in [2.45, 2.75) is 24.8 Å². The van der Waals surface area contributed by atoms with E-state index >= 15 is 0 Å². The number of nitrogens with one attached hydrogen (secondary N) is 1. The smallest absolute Gasteiger partial charge is 0.224 e. The molecule has 82 valence electrons. The molecule has 1 heterocycles. The molecule has 1 unspecified atom stereocenters. The number of rotatable bonds is 4. The second kappa shape index (κ2) is 5.57. The molecule has 15 heavy (non-hydrogen) atoms. The number of carbonyl (C=O) groups is 1. The van der Waals surface area contributed by atoms with E-state index in [1.54, 1.807) is 12.1 Å². The van der Waals surface area contributed by atoms with Crippen molar-refractivity contribution < 1.29 is 13.6 Å². The second-order valence-electron chi connectivity index (χ2n) is 2.90. The number of anilines is 1. The molecule has 1 aromatic heterocycles. The van der Waals surface area contributed by atoms with E-state index < -0.39 is 11.1 Å². The van der Waals surface area contributed by atoms with Crippen molar-refractivity contribution in [3.8, 4) is 0 Å². The van der Waals surface area contributed by atoms with Crippen LogP contribution in [0.5, 0.6) is 0 Å². The molecule has 0 saturated heterocycles. The molecule has 0 aliphatic rings. The molecule has 0 aromatic carbocycles. The summed E-state index contributed by atoms with van der Waals surface area (Å²) >= 11 is -2.19. The first-order chi connectivity index (χ1) is 7.15. The highest BCUT2D eigenvalue weighted by Crippen LogP contribution is 2.15. The van der Waals surface area contributed by atoms with Gasteiger partial charge >= 0.3 is 0 Å². The fourth-order valence-corrected chi connectivity index (χ4v) is 1.52. The lowest BCUT2D eigenvalue weighted by Crippen LogP contribution is -2.13. The monoisotopic (exact) mass is 228 g/mol. The van der Waals surface area contributed by atoms with E-state index in [2.05, 4.69) is 10.3 Å².